The molecular weight excluding hydrogens is 412 g/mol. The van der Waals surface area contributed by atoms with Gasteiger partial charge in [0.15, 0.2) is 0 Å². The van der Waals surface area contributed by atoms with E-state index in [0.717, 1.165) is 23.5 Å². The smallest absolute Gasteiger partial charge is 0.270 e. The standard InChI is InChI=1S/C28H28N2O3/c1-28(22-8-4-2-5-9-22,23-10-6-3-7-11-23)25-17-24(30(32)33)16-21(27(25)31)18-29-26-15-19-12-13-20(26)14-19/h2-11,16-20,26,31H,12-15H2,1H3. The van der Waals surface area contributed by atoms with Gasteiger partial charge in [-0.05, 0) is 49.1 Å². The number of aromatic hydroxyl groups is 1. The van der Waals surface area contributed by atoms with E-state index in [0.29, 0.717) is 17.0 Å². The minimum Gasteiger partial charge on any atom is -0.507 e. The molecule has 5 heteroatoms. The Hall–Kier alpha value is -3.47. The number of nitrogens with zero attached hydrogens (tertiary/aromatic N) is 2. The third-order valence-electron chi connectivity index (χ3n) is 7.68. The molecule has 1 N–H and O–H groups in total. The second-order valence-corrected chi connectivity index (χ2v) is 9.57. The van der Waals surface area contributed by atoms with Gasteiger partial charge in [0, 0.05) is 34.9 Å². The van der Waals surface area contributed by atoms with Gasteiger partial charge in [-0.1, -0.05) is 67.1 Å². The summed E-state index contributed by atoms with van der Waals surface area (Å²) in [5.41, 5.74) is 1.97. The van der Waals surface area contributed by atoms with Gasteiger partial charge < -0.3 is 5.11 Å². The van der Waals surface area contributed by atoms with E-state index < -0.39 is 10.3 Å². The van der Waals surface area contributed by atoms with Crippen LogP contribution < -0.4 is 0 Å². The zero-order valence-corrected chi connectivity index (χ0v) is 18.7. The van der Waals surface area contributed by atoms with Crippen LogP contribution in [-0.4, -0.2) is 22.3 Å². The van der Waals surface area contributed by atoms with E-state index in [4.69, 9.17) is 4.99 Å². The molecule has 0 spiro atoms. The fraction of sp³-hybridized carbons (Fsp3) is 0.321. The monoisotopic (exact) mass is 440 g/mol. The van der Waals surface area contributed by atoms with E-state index in [9.17, 15) is 15.2 Å². The average molecular weight is 441 g/mol. The average Bonchev–Trinajstić information content (AvgIpc) is 3.47. The Morgan fingerprint density at radius 1 is 1.00 bits per heavy atom. The maximum absolute atomic E-state index is 11.9. The van der Waals surface area contributed by atoms with Gasteiger partial charge >= 0.3 is 0 Å². The third-order valence-corrected chi connectivity index (χ3v) is 7.68. The van der Waals surface area contributed by atoms with Crippen molar-refractivity contribution in [3.63, 3.8) is 0 Å². The van der Waals surface area contributed by atoms with Crippen LogP contribution in [0.2, 0.25) is 0 Å². The minimum absolute atomic E-state index is 0.0442. The topological polar surface area (TPSA) is 75.7 Å². The van der Waals surface area contributed by atoms with Crippen LogP contribution in [-0.2, 0) is 5.41 Å². The lowest BCUT2D eigenvalue weighted by atomic mass is 9.70. The quantitative estimate of drug-likeness (QED) is 0.213. The molecule has 2 aliphatic rings. The number of nitro benzene ring substituents is 1. The maximum atomic E-state index is 11.9. The molecule has 2 fully saturated rings. The Balaban J connectivity index is 1.66. The summed E-state index contributed by atoms with van der Waals surface area (Å²) in [6, 6.07) is 22.8. The summed E-state index contributed by atoms with van der Waals surface area (Å²) in [6.45, 7) is 2.01. The highest BCUT2D eigenvalue weighted by molar-refractivity contribution is 5.86. The molecule has 33 heavy (non-hydrogen) atoms. The van der Waals surface area contributed by atoms with Gasteiger partial charge in [-0.2, -0.15) is 0 Å². The lowest BCUT2D eigenvalue weighted by molar-refractivity contribution is -0.385. The number of hydrogen-bond donors (Lipinski definition) is 1. The van der Waals surface area contributed by atoms with Crippen molar-refractivity contribution in [2.75, 3.05) is 0 Å². The second-order valence-electron chi connectivity index (χ2n) is 9.57. The van der Waals surface area contributed by atoms with Crippen LogP contribution in [0, 0.1) is 22.0 Å². The summed E-state index contributed by atoms with van der Waals surface area (Å²) in [5, 5.41) is 23.3. The number of phenolic OH excluding ortho intramolecular Hbond substituents is 1. The zero-order chi connectivity index (χ0) is 23.0. The molecule has 3 aromatic carbocycles. The molecule has 2 aliphatic carbocycles. The van der Waals surface area contributed by atoms with Crippen LogP contribution in [0.15, 0.2) is 77.8 Å². The number of hydrogen-bond acceptors (Lipinski definition) is 4. The van der Waals surface area contributed by atoms with Crippen LogP contribution >= 0.6 is 0 Å². The van der Waals surface area contributed by atoms with Gasteiger partial charge in [-0.15, -0.1) is 0 Å². The first kappa shape index (κ1) is 21.4. The number of fused-ring (bicyclic) bond motifs is 2. The summed E-state index contributed by atoms with van der Waals surface area (Å²) >= 11 is 0. The molecular formula is C28H28N2O3. The van der Waals surface area contributed by atoms with Crippen LogP contribution in [0.4, 0.5) is 5.69 Å². The molecule has 3 aromatic rings. The van der Waals surface area contributed by atoms with Crippen LogP contribution in [0.3, 0.4) is 0 Å². The summed E-state index contributed by atoms with van der Waals surface area (Å²) in [4.78, 5) is 16.3. The van der Waals surface area contributed by atoms with Crippen LogP contribution in [0.5, 0.6) is 5.75 Å². The van der Waals surface area contributed by atoms with Gasteiger partial charge in [0.1, 0.15) is 5.75 Å². The number of non-ortho nitro benzene ring substituents is 1. The summed E-state index contributed by atoms with van der Waals surface area (Å²) in [5.74, 6) is 1.40. The molecule has 0 aliphatic heterocycles. The van der Waals surface area contributed by atoms with E-state index >= 15 is 0 Å². The molecule has 0 aromatic heterocycles. The molecule has 168 valence electrons. The van der Waals surface area contributed by atoms with E-state index in [-0.39, 0.29) is 17.5 Å². The number of phenols is 1. The minimum atomic E-state index is -0.784. The number of nitro groups is 1. The first-order chi connectivity index (χ1) is 16.0. The highest BCUT2D eigenvalue weighted by Crippen LogP contribution is 2.47. The van der Waals surface area contributed by atoms with E-state index in [2.05, 4.69) is 0 Å². The van der Waals surface area contributed by atoms with E-state index in [1.165, 1.54) is 31.4 Å². The fourth-order valence-corrected chi connectivity index (χ4v) is 5.82. The Labute approximate surface area is 194 Å². The van der Waals surface area contributed by atoms with Crippen molar-refractivity contribution < 1.29 is 10.0 Å². The highest BCUT2D eigenvalue weighted by Gasteiger charge is 2.39. The molecule has 0 heterocycles. The normalized spacial score (nSPS) is 22.2. The van der Waals surface area contributed by atoms with Gasteiger partial charge in [0.2, 0.25) is 0 Å². The Morgan fingerprint density at radius 3 is 2.15 bits per heavy atom. The predicted octanol–water partition coefficient (Wildman–Crippen LogP) is 6.26. The SMILES string of the molecule is CC(c1ccccc1)(c1ccccc1)c1cc([N+](=O)[O-])cc(C=NC2CC3CCC2C3)c1O. The Bertz CT molecular complexity index is 1150. The van der Waals surface area contributed by atoms with Gasteiger partial charge in [-0.25, -0.2) is 0 Å². The maximum Gasteiger partial charge on any atom is 0.270 e. The molecule has 2 saturated carbocycles. The Kier molecular flexibility index (Phi) is 5.49. The summed E-state index contributed by atoms with van der Waals surface area (Å²) in [6.07, 6.45) is 6.46. The van der Waals surface area contributed by atoms with Gasteiger partial charge in [0.25, 0.3) is 5.69 Å². The highest BCUT2D eigenvalue weighted by atomic mass is 16.6. The molecule has 0 amide bonds. The van der Waals surface area contributed by atoms with Crippen LogP contribution in [0.25, 0.3) is 0 Å². The van der Waals surface area contributed by atoms with Crippen molar-refractivity contribution in [1.82, 2.24) is 0 Å². The molecule has 0 saturated heterocycles. The summed E-state index contributed by atoms with van der Waals surface area (Å²) < 4.78 is 0. The summed E-state index contributed by atoms with van der Waals surface area (Å²) in [7, 11) is 0. The molecule has 5 nitrogen and oxygen atoms in total. The second kappa shape index (κ2) is 8.47. The predicted molar refractivity (Wildman–Crippen MR) is 130 cm³/mol. The zero-order valence-electron chi connectivity index (χ0n) is 18.7. The number of rotatable bonds is 6. The first-order valence-corrected chi connectivity index (χ1v) is 11.6. The van der Waals surface area contributed by atoms with Gasteiger partial charge in [0.05, 0.1) is 11.0 Å². The van der Waals surface area contributed by atoms with Crippen molar-refractivity contribution >= 4 is 11.9 Å². The molecule has 5 rings (SSSR count). The largest absolute Gasteiger partial charge is 0.507 e. The molecule has 0 radical (unpaired) electrons. The first-order valence-electron chi connectivity index (χ1n) is 11.6. The third kappa shape index (κ3) is 3.82. The molecule has 3 atom stereocenters. The van der Waals surface area contributed by atoms with Crippen molar-refractivity contribution in [3.8, 4) is 5.75 Å². The van der Waals surface area contributed by atoms with E-state index in [1.807, 2.05) is 67.6 Å². The van der Waals surface area contributed by atoms with E-state index in [1.54, 1.807) is 6.21 Å². The fourth-order valence-electron chi connectivity index (χ4n) is 5.82. The van der Waals surface area contributed by atoms with Crippen molar-refractivity contribution in [1.29, 1.82) is 0 Å². The molecule has 3 unspecified atom stereocenters. The number of benzene rings is 3. The number of aliphatic imine (C=N–C) groups is 1. The molecule has 2 bridgehead atoms. The lowest BCUT2D eigenvalue weighted by Gasteiger charge is -2.32. The Morgan fingerprint density at radius 2 is 1.64 bits per heavy atom. The van der Waals surface area contributed by atoms with Crippen molar-refractivity contribution in [2.45, 2.75) is 44.1 Å². The van der Waals surface area contributed by atoms with Crippen LogP contribution in [0.1, 0.15) is 54.9 Å². The van der Waals surface area contributed by atoms with Crippen molar-refractivity contribution in [2.24, 2.45) is 16.8 Å². The van der Waals surface area contributed by atoms with Crippen molar-refractivity contribution in [3.05, 3.63) is 105 Å². The lowest BCUT2D eigenvalue weighted by Crippen LogP contribution is -2.26. The van der Waals surface area contributed by atoms with Gasteiger partial charge in [-0.3, -0.25) is 15.1 Å².